The van der Waals surface area contributed by atoms with Crippen LogP contribution in [0.4, 0.5) is 0 Å². The van der Waals surface area contributed by atoms with Crippen LogP contribution in [0.25, 0.3) is 0 Å². The largest absolute Gasteiger partial charge is 0.396 e. The molecular formula is C13H27NO2. The Morgan fingerprint density at radius 1 is 1.38 bits per heavy atom. The first-order valence-corrected chi connectivity index (χ1v) is 6.64. The van der Waals surface area contributed by atoms with Crippen LogP contribution in [-0.4, -0.2) is 37.5 Å². The van der Waals surface area contributed by atoms with Crippen molar-refractivity contribution in [3.8, 4) is 0 Å². The summed E-state index contributed by atoms with van der Waals surface area (Å²) in [6, 6.07) is 0.561. The summed E-state index contributed by atoms with van der Waals surface area (Å²) in [5.41, 5.74) is 0.0682. The Morgan fingerprint density at radius 2 is 2.06 bits per heavy atom. The number of aliphatic hydroxyl groups is 1. The van der Waals surface area contributed by atoms with Crippen LogP contribution in [-0.2, 0) is 4.74 Å². The van der Waals surface area contributed by atoms with Gasteiger partial charge in [-0.3, -0.25) is 0 Å². The predicted molar refractivity (Wildman–Crippen MR) is 66.6 cm³/mol. The van der Waals surface area contributed by atoms with Gasteiger partial charge in [0.2, 0.25) is 0 Å². The summed E-state index contributed by atoms with van der Waals surface area (Å²) in [5, 5.41) is 13.1. The smallest absolute Gasteiger partial charge is 0.0501 e. The highest BCUT2D eigenvalue weighted by atomic mass is 16.5. The molecule has 1 fully saturated rings. The van der Waals surface area contributed by atoms with Gasteiger partial charge < -0.3 is 15.2 Å². The maximum absolute atomic E-state index is 9.53. The van der Waals surface area contributed by atoms with E-state index in [1.54, 1.807) is 0 Å². The van der Waals surface area contributed by atoms with Gasteiger partial charge in [0, 0.05) is 31.2 Å². The second kappa shape index (κ2) is 7.25. The topological polar surface area (TPSA) is 41.5 Å². The van der Waals surface area contributed by atoms with Crippen molar-refractivity contribution in [3.63, 3.8) is 0 Å². The zero-order valence-electron chi connectivity index (χ0n) is 10.8. The van der Waals surface area contributed by atoms with Crippen molar-refractivity contribution in [1.82, 2.24) is 5.32 Å². The van der Waals surface area contributed by atoms with E-state index >= 15 is 0 Å². The summed E-state index contributed by atoms with van der Waals surface area (Å²) < 4.78 is 5.36. The van der Waals surface area contributed by atoms with Gasteiger partial charge in [0.05, 0.1) is 6.61 Å². The van der Waals surface area contributed by atoms with Crippen LogP contribution >= 0.6 is 0 Å². The van der Waals surface area contributed by atoms with Gasteiger partial charge in [-0.15, -0.1) is 0 Å². The molecule has 1 saturated heterocycles. The fourth-order valence-corrected chi connectivity index (χ4v) is 2.20. The highest BCUT2D eigenvalue weighted by Gasteiger charge is 2.31. The monoisotopic (exact) mass is 229 g/mol. The number of hydrogen-bond acceptors (Lipinski definition) is 3. The van der Waals surface area contributed by atoms with Gasteiger partial charge in [-0.1, -0.05) is 19.8 Å². The zero-order valence-corrected chi connectivity index (χ0v) is 10.8. The Bertz CT molecular complexity index is 179. The van der Waals surface area contributed by atoms with E-state index in [0.717, 1.165) is 32.6 Å². The maximum Gasteiger partial charge on any atom is 0.0501 e. The number of hydrogen-bond donors (Lipinski definition) is 2. The summed E-state index contributed by atoms with van der Waals surface area (Å²) in [7, 11) is 0. The minimum Gasteiger partial charge on any atom is -0.396 e. The highest BCUT2D eigenvalue weighted by Crippen LogP contribution is 2.29. The molecule has 0 radical (unpaired) electrons. The van der Waals surface area contributed by atoms with Crippen LogP contribution in [0.1, 0.15) is 46.0 Å². The highest BCUT2D eigenvalue weighted by molar-refractivity contribution is 4.84. The number of nitrogens with one attached hydrogen (secondary N) is 1. The summed E-state index contributed by atoms with van der Waals surface area (Å²) >= 11 is 0. The fraction of sp³-hybridized carbons (Fsp3) is 1.00. The number of unbranched alkanes of at least 4 members (excludes halogenated alkanes) is 1. The van der Waals surface area contributed by atoms with E-state index in [-0.39, 0.29) is 12.0 Å². The first-order chi connectivity index (χ1) is 7.72. The summed E-state index contributed by atoms with van der Waals surface area (Å²) in [4.78, 5) is 0. The Hall–Kier alpha value is -0.120. The Morgan fingerprint density at radius 3 is 2.62 bits per heavy atom. The fourth-order valence-electron chi connectivity index (χ4n) is 2.20. The lowest BCUT2D eigenvalue weighted by molar-refractivity contribution is -0.0164. The predicted octanol–water partition coefficient (Wildman–Crippen LogP) is 1.94. The van der Waals surface area contributed by atoms with E-state index in [1.165, 1.54) is 19.3 Å². The molecule has 3 nitrogen and oxygen atoms in total. The lowest BCUT2D eigenvalue weighted by Gasteiger charge is -2.36. The average Bonchev–Trinajstić information content (AvgIpc) is 2.35. The molecule has 1 atom stereocenters. The van der Waals surface area contributed by atoms with Crippen LogP contribution in [0.2, 0.25) is 0 Å². The minimum atomic E-state index is 0.0682. The summed E-state index contributed by atoms with van der Waals surface area (Å²) in [6.07, 6.45) is 5.73. The van der Waals surface area contributed by atoms with Crippen molar-refractivity contribution >= 4 is 0 Å². The molecule has 16 heavy (non-hydrogen) atoms. The van der Waals surface area contributed by atoms with Gasteiger partial charge in [-0.25, -0.2) is 0 Å². The first kappa shape index (κ1) is 13.9. The van der Waals surface area contributed by atoms with Gasteiger partial charge in [-0.05, 0) is 26.2 Å². The molecule has 1 unspecified atom stereocenters. The van der Waals surface area contributed by atoms with Crippen molar-refractivity contribution in [2.45, 2.75) is 52.0 Å². The van der Waals surface area contributed by atoms with Gasteiger partial charge >= 0.3 is 0 Å². The molecule has 0 saturated carbocycles. The molecular weight excluding hydrogens is 202 g/mol. The Labute approximate surface area is 99.6 Å². The van der Waals surface area contributed by atoms with E-state index in [1.807, 2.05) is 0 Å². The van der Waals surface area contributed by atoms with Crippen molar-refractivity contribution in [2.75, 3.05) is 26.4 Å². The van der Waals surface area contributed by atoms with E-state index in [0.29, 0.717) is 6.04 Å². The second-order valence-corrected chi connectivity index (χ2v) is 5.19. The molecule has 0 spiro atoms. The molecule has 3 heteroatoms. The molecule has 96 valence electrons. The molecule has 1 rings (SSSR count). The van der Waals surface area contributed by atoms with Crippen LogP contribution in [0.5, 0.6) is 0 Å². The summed E-state index contributed by atoms with van der Waals surface area (Å²) in [5.74, 6) is 0. The van der Waals surface area contributed by atoms with Crippen molar-refractivity contribution in [2.24, 2.45) is 5.41 Å². The quantitative estimate of drug-likeness (QED) is 0.701. The molecule has 1 aliphatic heterocycles. The number of aliphatic hydroxyl groups excluding tert-OH is 1. The maximum atomic E-state index is 9.53. The van der Waals surface area contributed by atoms with Gasteiger partial charge in [0.25, 0.3) is 0 Å². The van der Waals surface area contributed by atoms with E-state index < -0.39 is 0 Å². The van der Waals surface area contributed by atoms with E-state index in [2.05, 4.69) is 19.2 Å². The molecule has 0 aromatic heterocycles. The van der Waals surface area contributed by atoms with Crippen LogP contribution < -0.4 is 5.32 Å². The number of ether oxygens (including phenoxy) is 1. The molecule has 0 aromatic rings. The first-order valence-electron chi connectivity index (χ1n) is 6.64. The SMILES string of the molecule is CCCCC(C)NCC1(CO)CCOCC1. The minimum absolute atomic E-state index is 0.0682. The lowest BCUT2D eigenvalue weighted by atomic mass is 9.81. The normalized spacial score (nSPS) is 21.9. The van der Waals surface area contributed by atoms with Crippen LogP contribution in [0.3, 0.4) is 0 Å². The van der Waals surface area contributed by atoms with Crippen molar-refractivity contribution in [3.05, 3.63) is 0 Å². The summed E-state index contributed by atoms with van der Waals surface area (Å²) in [6.45, 7) is 7.26. The Balaban J connectivity index is 2.27. The molecule has 0 bridgehead atoms. The van der Waals surface area contributed by atoms with Gasteiger partial charge in [0.1, 0.15) is 0 Å². The molecule has 0 aliphatic carbocycles. The second-order valence-electron chi connectivity index (χ2n) is 5.19. The third kappa shape index (κ3) is 4.40. The van der Waals surface area contributed by atoms with Crippen molar-refractivity contribution < 1.29 is 9.84 Å². The van der Waals surface area contributed by atoms with Crippen molar-refractivity contribution in [1.29, 1.82) is 0 Å². The number of rotatable bonds is 7. The van der Waals surface area contributed by atoms with Crippen LogP contribution in [0, 0.1) is 5.41 Å². The van der Waals surface area contributed by atoms with E-state index in [4.69, 9.17) is 4.74 Å². The van der Waals surface area contributed by atoms with Gasteiger partial charge in [0.15, 0.2) is 0 Å². The van der Waals surface area contributed by atoms with Crippen LogP contribution in [0.15, 0.2) is 0 Å². The molecule has 1 heterocycles. The lowest BCUT2D eigenvalue weighted by Crippen LogP contribution is -2.44. The Kier molecular flexibility index (Phi) is 6.32. The third-order valence-electron chi connectivity index (χ3n) is 3.71. The van der Waals surface area contributed by atoms with Gasteiger partial charge in [-0.2, -0.15) is 0 Å². The standard InChI is InChI=1S/C13H27NO2/c1-3-4-5-12(2)14-10-13(11-15)6-8-16-9-7-13/h12,14-15H,3-11H2,1-2H3. The molecule has 0 aromatic carbocycles. The molecule has 1 aliphatic rings. The van der Waals surface area contributed by atoms with E-state index in [9.17, 15) is 5.11 Å². The average molecular weight is 229 g/mol. The molecule has 0 amide bonds. The third-order valence-corrected chi connectivity index (χ3v) is 3.71. The molecule has 2 N–H and O–H groups in total. The zero-order chi connectivity index (χ0) is 11.9.